The molecule has 0 bridgehead atoms. The third-order valence-electron chi connectivity index (χ3n) is 4.77. The quantitative estimate of drug-likeness (QED) is 0.494. The molecule has 0 saturated carbocycles. The summed E-state index contributed by atoms with van der Waals surface area (Å²) in [6.07, 6.45) is 0.154. The normalized spacial score (nSPS) is 12.8. The van der Waals surface area contributed by atoms with Crippen molar-refractivity contribution in [1.29, 1.82) is 0 Å². The van der Waals surface area contributed by atoms with E-state index in [-0.39, 0.29) is 30.3 Å². The second-order valence-electron chi connectivity index (χ2n) is 7.55. The van der Waals surface area contributed by atoms with Gasteiger partial charge in [0.1, 0.15) is 0 Å². The number of nitrogens with one attached hydrogen (secondary N) is 1. The third-order valence-corrected chi connectivity index (χ3v) is 6.86. The molecule has 2 aromatic rings. The molecule has 1 atom stereocenters. The highest BCUT2D eigenvalue weighted by Gasteiger charge is 2.29. The Morgan fingerprint density at radius 1 is 1.07 bits per heavy atom. The second-order valence-corrected chi connectivity index (χ2v) is 9.44. The first-order valence-corrected chi connectivity index (χ1v) is 11.3. The summed E-state index contributed by atoms with van der Waals surface area (Å²) in [5.41, 5.74) is 1.94. The molecule has 3 N–H and O–H groups in total. The fourth-order valence-electron chi connectivity index (χ4n) is 3.08. The van der Waals surface area contributed by atoms with Crippen molar-refractivity contribution in [1.82, 2.24) is 9.62 Å². The van der Waals surface area contributed by atoms with Gasteiger partial charge in [-0.15, -0.1) is 0 Å². The lowest BCUT2D eigenvalue weighted by Crippen LogP contribution is -2.49. The first-order chi connectivity index (χ1) is 14.1. The standard InChI is InChI=1S/C21H29BN2O5S/c1-16(2)24(30(28,29)19-7-5-4-6-8-19)14-13-21(25)23-20(22(26)27)15-18-11-9-17(3)10-12-18/h4-12,16,20,26-27H,13-15H2,1-3H3,(H,23,25). The van der Waals surface area contributed by atoms with Crippen LogP contribution >= 0.6 is 0 Å². The van der Waals surface area contributed by atoms with Crippen LogP contribution in [0.25, 0.3) is 0 Å². The maximum atomic E-state index is 12.9. The van der Waals surface area contributed by atoms with Gasteiger partial charge >= 0.3 is 7.12 Å². The van der Waals surface area contributed by atoms with Gasteiger partial charge in [-0.25, -0.2) is 8.42 Å². The van der Waals surface area contributed by atoms with E-state index >= 15 is 0 Å². The summed E-state index contributed by atoms with van der Waals surface area (Å²) in [5.74, 6) is -1.34. The molecule has 0 aromatic heterocycles. The predicted molar refractivity (Wildman–Crippen MR) is 117 cm³/mol. The summed E-state index contributed by atoms with van der Waals surface area (Å²) >= 11 is 0. The average molecular weight is 432 g/mol. The van der Waals surface area contributed by atoms with E-state index < -0.39 is 29.0 Å². The number of nitrogens with zero attached hydrogens (tertiary/aromatic N) is 1. The van der Waals surface area contributed by atoms with Crippen molar-refractivity contribution in [2.75, 3.05) is 6.54 Å². The molecule has 2 aromatic carbocycles. The van der Waals surface area contributed by atoms with Gasteiger partial charge in [-0.3, -0.25) is 4.79 Å². The van der Waals surface area contributed by atoms with Gasteiger partial charge in [0.05, 0.1) is 10.8 Å². The summed E-state index contributed by atoms with van der Waals surface area (Å²) < 4.78 is 27.1. The SMILES string of the molecule is Cc1ccc(CC(NC(=O)CCN(C(C)C)S(=O)(=O)c2ccccc2)B(O)O)cc1. The third kappa shape index (κ3) is 6.67. The van der Waals surface area contributed by atoms with E-state index in [0.717, 1.165) is 11.1 Å². The molecule has 9 heteroatoms. The maximum Gasteiger partial charge on any atom is 0.475 e. The molecule has 0 aliphatic carbocycles. The molecule has 0 aliphatic heterocycles. The molecule has 0 radical (unpaired) electrons. The van der Waals surface area contributed by atoms with E-state index in [1.165, 1.54) is 16.4 Å². The molecule has 1 amide bonds. The van der Waals surface area contributed by atoms with E-state index in [4.69, 9.17) is 0 Å². The lowest BCUT2D eigenvalue weighted by Gasteiger charge is -2.26. The number of hydrogen-bond donors (Lipinski definition) is 3. The summed E-state index contributed by atoms with van der Waals surface area (Å²) in [6.45, 7) is 5.43. The number of sulfonamides is 1. The molecule has 0 spiro atoms. The molecule has 0 aliphatic rings. The first kappa shape index (κ1) is 24.1. The van der Waals surface area contributed by atoms with Crippen molar-refractivity contribution in [2.45, 2.75) is 50.5 Å². The summed E-state index contributed by atoms with van der Waals surface area (Å²) in [6, 6.07) is 15.3. The van der Waals surface area contributed by atoms with Gasteiger partial charge in [-0.05, 0) is 44.9 Å². The lowest BCUT2D eigenvalue weighted by atomic mass is 9.76. The molecule has 0 heterocycles. The molecule has 162 valence electrons. The van der Waals surface area contributed by atoms with Gasteiger partial charge in [0, 0.05) is 19.0 Å². The highest BCUT2D eigenvalue weighted by molar-refractivity contribution is 7.89. The van der Waals surface area contributed by atoms with Crippen LogP contribution in [0.15, 0.2) is 59.5 Å². The minimum Gasteiger partial charge on any atom is -0.426 e. The Kier molecular flexibility index (Phi) is 8.60. The minimum absolute atomic E-state index is 0.0144. The van der Waals surface area contributed by atoms with Crippen LogP contribution in [-0.4, -0.2) is 54.3 Å². The molecule has 2 rings (SSSR count). The molecule has 7 nitrogen and oxygen atoms in total. The zero-order chi connectivity index (χ0) is 22.3. The van der Waals surface area contributed by atoms with Crippen LogP contribution in [0.1, 0.15) is 31.4 Å². The highest BCUT2D eigenvalue weighted by Crippen LogP contribution is 2.18. The number of carbonyl (C=O) groups excluding carboxylic acids is 1. The summed E-state index contributed by atoms with van der Waals surface area (Å²) in [5, 5.41) is 21.9. The van der Waals surface area contributed by atoms with Crippen molar-refractivity contribution < 1.29 is 23.3 Å². The van der Waals surface area contributed by atoms with Gasteiger partial charge < -0.3 is 15.4 Å². The molecular formula is C21H29BN2O5S. The van der Waals surface area contributed by atoms with Crippen molar-refractivity contribution in [2.24, 2.45) is 0 Å². The van der Waals surface area contributed by atoms with Gasteiger partial charge in [-0.2, -0.15) is 4.31 Å². The Morgan fingerprint density at radius 3 is 2.20 bits per heavy atom. The Labute approximate surface area is 178 Å². The van der Waals surface area contributed by atoms with Crippen LogP contribution in [0.3, 0.4) is 0 Å². The molecule has 0 saturated heterocycles. The largest absolute Gasteiger partial charge is 0.475 e. The topological polar surface area (TPSA) is 107 Å². The zero-order valence-corrected chi connectivity index (χ0v) is 18.3. The van der Waals surface area contributed by atoms with Gasteiger partial charge in [0.2, 0.25) is 15.9 Å². The Bertz CT molecular complexity index is 918. The number of hydrogen-bond acceptors (Lipinski definition) is 5. The molecule has 30 heavy (non-hydrogen) atoms. The fraction of sp³-hybridized carbons (Fsp3) is 0.381. The lowest BCUT2D eigenvalue weighted by molar-refractivity contribution is -0.121. The molecule has 0 fully saturated rings. The van der Waals surface area contributed by atoms with Gasteiger partial charge in [-0.1, -0.05) is 48.0 Å². The number of aryl methyl sites for hydroxylation is 1. The molecule has 1 unspecified atom stereocenters. The zero-order valence-electron chi connectivity index (χ0n) is 17.5. The Hall–Kier alpha value is -2.20. The van der Waals surface area contributed by atoms with Crippen molar-refractivity contribution >= 4 is 23.0 Å². The van der Waals surface area contributed by atoms with Crippen LogP contribution in [0, 0.1) is 6.92 Å². The number of rotatable bonds is 10. The average Bonchev–Trinajstić information content (AvgIpc) is 2.69. The minimum atomic E-state index is -3.74. The van der Waals surface area contributed by atoms with E-state index in [9.17, 15) is 23.3 Å². The Balaban J connectivity index is 2.03. The second kappa shape index (κ2) is 10.7. The molecular weight excluding hydrogens is 403 g/mol. The van der Waals surface area contributed by atoms with Crippen LogP contribution in [0.5, 0.6) is 0 Å². The Morgan fingerprint density at radius 2 is 1.67 bits per heavy atom. The van der Waals surface area contributed by atoms with Gasteiger partial charge in [0.25, 0.3) is 0 Å². The smallest absolute Gasteiger partial charge is 0.426 e. The van der Waals surface area contributed by atoms with Crippen molar-refractivity contribution in [3.63, 3.8) is 0 Å². The van der Waals surface area contributed by atoms with E-state index in [0.29, 0.717) is 0 Å². The van der Waals surface area contributed by atoms with Crippen LogP contribution < -0.4 is 5.32 Å². The highest BCUT2D eigenvalue weighted by atomic mass is 32.2. The first-order valence-electron chi connectivity index (χ1n) is 9.89. The summed E-state index contributed by atoms with van der Waals surface area (Å²) in [7, 11) is -5.47. The number of carbonyl (C=O) groups is 1. The van der Waals surface area contributed by atoms with Crippen LogP contribution in [0.4, 0.5) is 0 Å². The number of benzene rings is 2. The predicted octanol–water partition coefficient (Wildman–Crippen LogP) is 1.52. The van der Waals surface area contributed by atoms with Crippen molar-refractivity contribution in [3.05, 3.63) is 65.7 Å². The van der Waals surface area contributed by atoms with Gasteiger partial charge in [0.15, 0.2) is 0 Å². The monoisotopic (exact) mass is 432 g/mol. The van der Waals surface area contributed by atoms with E-state index in [1.54, 1.807) is 32.0 Å². The summed E-state index contributed by atoms with van der Waals surface area (Å²) in [4.78, 5) is 12.6. The maximum absolute atomic E-state index is 12.9. The van der Waals surface area contributed by atoms with E-state index in [1.807, 2.05) is 31.2 Å². The van der Waals surface area contributed by atoms with Crippen LogP contribution in [0.2, 0.25) is 0 Å². The van der Waals surface area contributed by atoms with E-state index in [2.05, 4.69) is 5.32 Å². The fourth-order valence-corrected chi connectivity index (χ4v) is 4.74. The van der Waals surface area contributed by atoms with Crippen LogP contribution in [-0.2, 0) is 21.2 Å². The van der Waals surface area contributed by atoms with Crippen molar-refractivity contribution in [3.8, 4) is 0 Å². The number of amides is 1.